The fraction of sp³-hybridized carbons (Fsp3) is 0.643. The largest absolute Gasteiger partial charge is 0.495 e. The zero-order valence-corrected chi connectivity index (χ0v) is 25.3. The molecule has 0 spiro atoms. The van der Waals surface area contributed by atoms with Crippen molar-refractivity contribution in [2.45, 2.75) is 44.6 Å². The first-order valence-corrected chi connectivity index (χ1v) is 16.1. The molecular formula is C28H42ClN7O4S. The molecule has 3 heterocycles. The minimum Gasteiger partial charge on any atom is -0.495 e. The van der Waals surface area contributed by atoms with Gasteiger partial charge in [0.2, 0.25) is 17.2 Å². The van der Waals surface area contributed by atoms with Crippen molar-refractivity contribution in [2.24, 2.45) is 5.92 Å². The second-order valence-corrected chi connectivity index (χ2v) is 12.2. The lowest BCUT2D eigenvalue weighted by Crippen LogP contribution is -2.42. The van der Waals surface area contributed by atoms with Crippen molar-refractivity contribution in [1.82, 2.24) is 24.5 Å². The van der Waals surface area contributed by atoms with Crippen molar-refractivity contribution in [3.8, 4) is 5.75 Å². The van der Waals surface area contributed by atoms with E-state index in [2.05, 4.69) is 42.3 Å². The monoisotopic (exact) mass is 607 g/mol. The number of fused-ring (bicyclic) bond motifs is 1. The molecule has 13 heteroatoms. The number of anilines is 3. The van der Waals surface area contributed by atoms with E-state index in [0.29, 0.717) is 23.3 Å². The lowest BCUT2D eigenvalue weighted by Gasteiger charge is -2.32. The highest BCUT2D eigenvalue weighted by Crippen LogP contribution is 2.34. The van der Waals surface area contributed by atoms with E-state index in [1.54, 1.807) is 13.3 Å². The van der Waals surface area contributed by atoms with Gasteiger partial charge < -0.3 is 25.0 Å². The van der Waals surface area contributed by atoms with Gasteiger partial charge in [-0.15, -0.1) is 0 Å². The Morgan fingerprint density at radius 2 is 1.80 bits per heavy atom. The summed E-state index contributed by atoms with van der Waals surface area (Å²) in [5, 5.41) is 7.29. The summed E-state index contributed by atoms with van der Waals surface area (Å²) in [6.07, 6.45) is 7.64. The predicted molar refractivity (Wildman–Crippen MR) is 163 cm³/mol. The molecule has 1 unspecified atom stereocenters. The molecule has 3 aliphatic rings. The maximum absolute atomic E-state index is 11.2. The van der Waals surface area contributed by atoms with Crippen LogP contribution in [0.2, 0.25) is 5.02 Å². The third kappa shape index (κ3) is 8.50. The summed E-state index contributed by atoms with van der Waals surface area (Å²) in [6, 6.07) is 4.40. The highest BCUT2D eigenvalue weighted by Gasteiger charge is 2.27. The van der Waals surface area contributed by atoms with Gasteiger partial charge in [-0.2, -0.15) is 4.98 Å². The van der Waals surface area contributed by atoms with Crippen LogP contribution in [0.25, 0.3) is 0 Å². The van der Waals surface area contributed by atoms with Crippen molar-refractivity contribution in [3.05, 3.63) is 34.5 Å². The lowest BCUT2D eigenvalue weighted by molar-refractivity contribution is 0.0335. The maximum atomic E-state index is 11.2. The summed E-state index contributed by atoms with van der Waals surface area (Å²) in [5.74, 6) is 1.93. The molecule has 5 rings (SSSR count). The minimum atomic E-state index is -2.03. The van der Waals surface area contributed by atoms with E-state index in [1.807, 2.05) is 0 Å². The van der Waals surface area contributed by atoms with Crippen LogP contribution in [-0.2, 0) is 28.8 Å². The molecule has 1 saturated carbocycles. The predicted octanol–water partition coefficient (Wildman–Crippen LogP) is 3.31. The van der Waals surface area contributed by atoms with Gasteiger partial charge in [-0.1, -0.05) is 24.4 Å². The van der Waals surface area contributed by atoms with Crippen LogP contribution in [-0.4, -0.2) is 101 Å². The number of morpholine rings is 1. The van der Waals surface area contributed by atoms with Gasteiger partial charge in [-0.25, -0.2) is 13.9 Å². The molecule has 0 bridgehead atoms. The maximum Gasteiger partial charge on any atom is 0.231 e. The van der Waals surface area contributed by atoms with Crippen molar-refractivity contribution in [1.29, 1.82) is 0 Å². The van der Waals surface area contributed by atoms with E-state index >= 15 is 0 Å². The number of hydrogen-bond donors (Lipinski definition) is 4. The molecule has 2 fully saturated rings. The molecule has 0 radical (unpaired) electrons. The molecule has 226 valence electrons. The second-order valence-electron chi connectivity index (χ2n) is 11.0. The highest BCUT2D eigenvalue weighted by atomic mass is 35.5. The van der Waals surface area contributed by atoms with Gasteiger partial charge in [0.05, 0.1) is 32.2 Å². The van der Waals surface area contributed by atoms with Crippen LogP contribution in [0.15, 0.2) is 18.3 Å². The number of aromatic nitrogens is 2. The van der Waals surface area contributed by atoms with Gasteiger partial charge in [0, 0.05) is 51.9 Å². The third-order valence-electron chi connectivity index (χ3n) is 8.44. The van der Waals surface area contributed by atoms with Gasteiger partial charge in [0.1, 0.15) is 10.8 Å². The normalized spacial score (nSPS) is 22.9. The molecule has 1 saturated heterocycles. The molecule has 1 aromatic carbocycles. The molecule has 2 aromatic rings. The first-order chi connectivity index (χ1) is 20.0. The first kappa shape index (κ1) is 30.4. The summed E-state index contributed by atoms with van der Waals surface area (Å²) in [5.41, 5.74) is 3.46. The number of methoxy groups -OCH3 is 1. The molecule has 4 N–H and O–H groups in total. The Balaban J connectivity index is 1.25. The van der Waals surface area contributed by atoms with Crippen molar-refractivity contribution in [3.63, 3.8) is 0 Å². The van der Waals surface area contributed by atoms with Crippen LogP contribution < -0.4 is 20.1 Å². The van der Waals surface area contributed by atoms with Gasteiger partial charge >= 0.3 is 0 Å². The zero-order chi connectivity index (χ0) is 28.6. The average molecular weight is 608 g/mol. The average Bonchev–Trinajstić information content (AvgIpc) is 3.19. The number of halogens is 1. The Morgan fingerprint density at radius 3 is 2.54 bits per heavy atom. The molecule has 11 nitrogen and oxygen atoms in total. The Labute approximate surface area is 250 Å². The summed E-state index contributed by atoms with van der Waals surface area (Å²) in [4.78, 5) is 14.2. The fourth-order valence-electron chi connectivity index (χ4n) is 6.04. The summed E-state index contributed by atoms with van der Waals surface area (Å²) >= 11 is 4.47. The van der Waals surface area contributed by atoms with Crippen LogP contribution >= 0.6 is 11.6 Å². The van der Waals surface area contributed by atoms with E-state index in [0.717, 1.165) is 102 Å². The third-order valence-corrected chi connectivity index (χ3v) is 9.13. The first-order valence-electron chi connectivity index (χ1n) is 14.6. The second kappa shape index (κ2) is 14.9. The van der Waals surface area contributed by atoms with E-state index in [9.17, 15) is 8.76 Å². The Morgan fingerprint density at radius 1 is 1.10 bits per heavy atom. The quantitative estimate of drug-likeness (QED) is 0.283. The van der Waals surface area contributed by atoms with Gasteiger partial charge in [0.15, 0.2) is 5.82 Å². The van der Waals surface area contributed by atoms with Crippen molar-refractivity contribution >= 4 is 40.3 Å². The van der Waals surface area contributed by atoms with Gasteiger partial charge in [-0.3, -0.25) is 9.45 Å². The number of hydrogen-bond acceptors (Lipinski definition) is 9. The topological polar surface area (TPSA) is 124 Å². The number of nitrogens with zero attached hydrogens (tertiary/aromatic N) is 4. The van der Waals surface area contributed by atoms with Crippen LogP contribution in [0.4, 0.5) is 17.5 Å². The molecule has 1 aromatic heterocycles. The molecule has 41 heavy (non-hydrogen) atoms. The number of ether oxygens (including phenoxy) is 2. The summed E-state index contributed by atoms with van der Waals surface area (Å²) in [7, 11) is 1.69. The molecule has 0 amide bonds. The smallest absolute Gasteiger partial charge is 0.231 e. The molecule has 1 aliphatic carbocycles. The zero-order valence-electron chi connectivity index (χ0n) is 23.7. The molecule has 2 aliphatic heterocycles. The summed E-state index contributed by atoms with van der Waals surface area (Å²) in [6.45, 7) is 8.38. The fourth-order valence-corrected chi connectivity index (χ4v) is 6.55. The molecular weight excluding hydrogens is 566 g/mol. The van der Waals surface area contributed by atoms with Crippen LogP contribution in [0.1, 0.15) is 36.8 Å². The molecule has 3 atom stereocenters. The van der Waals surface area contributed by atoms with Crippen LogP contribution in [0, 0.1) is 5.92 Å². The van der Waals surface area contributed by atoms with E-state index < -0.39 is 11.3 Å². The van der Waals surface area contributed by atoms with E-state index in [1.165, 1.54) is 11.1 Å². The van der Waals surface area contributed by atoms with Crippen molar-refractivity contribution < 1.29 is 18.2 Å². The Bertz CT molecular complexity index is 1190. The van der Waals surface area contributed by atoms with E-state index in [-0.39, 0.29) is 12.0 Å². The standard InChI is InChI=1S/C28H42ClN7O4S/c1-39-26-17-21-7-9-35(10-11-36-12-14-40-15-13-36)8-6-20(21)16-25(26)33-28-30-19-23(29)27(34-28)32-24-5-3-2-4-22(24)18-31-41(37)38/h16-17,19,22,24,31H,2-15,18H2,1H3,(H,37,38)(H2,30,32,33,34)/t22-,24-/m1/s1. The summed E-state index contributed by atoms with van der Waals surface area (Å²) < 4.78 is 34.2. The van der Waals surface area contributed by atoms with E-state index in [4.69, 9.17) is 26.1 Å². The SMILES string of the molecule is COc1cc2c(cc1Nc1ncc(Cl)c(N[C@@H]3CCCC[C@@H]3CNS(=O)O)n1)CCN(CCN1CCOCC1)CC2. The number of rotatable bonds is 11. The van der Waals surface area contributed by atoms with Crippen molar-refractivity contribution in [2.75, 3.05) is 76.8 Å². The Hall–Kier alpha value is -2.06. The minimum absolute atomic E-state index is 0.0910. The van der Waals surface area contributed by atoms with Gasteiger partial charge in [-0.05, 0) is 54.9 Å². The van der Waals surface area contributed by atoms with Crippen LogP contribution in [0.5, 0.6) is 5.75 Å². The number of benzene rings is 1. The lowest BCUT2D eigenvalue weighted by atomic mass is 9.84. The highest BCUT2D eigenvalue weighted by molar-refractivity contribution is 7.77. The van der Waals surface area contributed by atoms with Crippen LogP contribution in [0.3, 0.4) is 0 Å². The Kier molecular flexibility index (Phi) is 11.0. The van der Waals surface area contributed by atoms with Gasteiger partial charge in [0.25, 0.3) is 0 Å². The number of nitrogens with one attached hydrogen (secondary N) is 3.